The van der Waals surface area contributed by atoms with Gasteiger partial charge < -0.3 is 9.13 Å². The third-order valence-electron chi connectivity index (χ3n) is 9.48. The highest BCUT2D eigenvalue weighted by molar-refractivity contribution is 6.24. The molecule has 5 heteroatoms. The van der Waals surface area contributed by atoms with Crippen molar-refractivity contribution in [1.29, 1.82) is 0 Å². The van der Waals surface area contributed by atoms with Gasteiger partial charge in [-0.05, 0) is 43.3 Å². The Morgan fingerprint density at radius 3 is 1.63 bits per heavy atom. The molecule has 6 aromatic carbocycles. The minimum Gasteiger partial charge on any atom is -0.308 e. The van der Waals surface area contributed by atoms with Crippen LogP contribution in [0.5, 0.6) is 0 Å². The van der Waals surface area contributed by atoms with Crippen LogP contribution in [0, 0.1) is 0 Å². The van der Waals surface area contributed by atoms with Gasteiger partial charge in [-0.1, -0.05) is 140 Å². The van der Waals surface area contributed by atoms with E-state index in [0.717, 1.165) is 33.5 Å². The van der Waals surface area contributed by atoms with Crippen LogP contribution in [0.3, 0.4) is 0 Å². The molecule has 0 saturated carbocycles. The summed E-state index contributed by atoms with van der Waals surface area (Å²) in [6.07, 6.45) is 6.29. The van der Waals surface area contributed by atoms with Gasteiger partial charge in [-0.25, -0.2) is 15.0 Å². The monoisotopic (exact) mass is 655 g/mol. The smallest absolute Gasteiger partial charge is 0.164 e. The first kappa shape index (κ1) is 30.2. The SMILES string of the molecule is C=C(/C=C\C(=C/C)n1c2ccccc2c2ccc3c4ccccc4n(-c4ccccc4)c3c21)c1nc(-c2ccccc2)nc(-c2ccccc2)n1. The van der Waals surface area contributed by atoms with E-state index >= 15 is 0 Å². The molecule has 51 heavy (non-hydrogen) atoms. The first-order valence-corrected chi connectivity index (χ1v) is 17.1. The van der Waals surface area contributed by atoms with Gasteiger partial charge in [0.05, 0.1) is 22.1 Å². The number of hydrogen-bond acceptors (Lipinski definition) is 3. The Bertz CT molecular complexity index is 2750. The summed E-state index contributed by atoms with van der Waals surface area (Å²) in [5.74, 6) is 1.75. The van der Waals surface area contributed by atoms with Gasteiger partial charge in [-0.3, -0.25) is 0 Å². The zero-order valence-electron chi connectivity index (χ0n) is 28.1. The third-order valence-corrected chi connectivity index (χ3v) is 9.48. The molecule has 0 aliphatic carbocycles. The van der Waals surface area contributed by atoms with Crippen molar-refractivity contribution in [3.8, 4) is 28.5 Å². The van der Waals surface area contributed by atoms with Crippen molar-refractivity contribution < 1.29 is 0 Å². The van der Waals surface area contributed by atoms with Crippen LogP contribution in [-0.2, 0) is 0 Å². The van der Waals surface area contributed by atoms with E-state index in [4.69, 9.17) is 15.0 Å². The molecule has 0 aliphatic rings. The maximum Gasteiger partial charge on any atom is 0.164 e. The lowest BCUT2D eigenvalue weighted by atomic mass is 10.1. The Balaban J connectivity index is 1.24. The summed E-state index contributed by atoms with van der Waals surface area (Å²) in [6.45, 7) is 6.54. The minimum absolute atomic E-state index is 0.531. The Morgan fingerprint density at radius 1 is 0.510 bits per heavy atom. The summed E-state index contributed by atoms with van der Waals surface area (Å²) in [5, 5.41) is 4.83. The fourth-order valence-electron chi connectivity index (χ4n) is 7.13. The summed E-state index contributed by atoms with van der Waals surface area (Å²) in [7, 11) is 0. The average Bonchev–Trinajstić information content (AvgIpc) is 3.72. The zero-order chi connectivity index (χ0) is 34.3. The predicted molar refractivity (Wildman–Crippen MR) is 213 cm³/mol. The standard InChI is InChI=1S/C46H33N5/c1-3-34(28-27-31(2)44-47-45(32-17-7-4-8-18-32)49-46(48-44)33-19-9-5-10-20-33)50-40-25-15-13-23-36(40)38-29-30-39-37-24-14-16-26-41(37)51(43(39)42(38)50)35-21-11-6-12-22-35/h3-30H,2H2,1H3/b28-27-,34-3+. The van der Waals surface area contributed by atoms with E-state index in [-0.39, 0.29) is 0 Å². The number of benzene rings is 6. The number of rotatable bonds is 7. The number of allylic oxidation sites excluding steroid dienone is 5. The van der Waals surface area contributed by atoms with Crippen LogP contribution in [-0.4, -0.2) is 24.1 Å². The Labute approximate surface area is 295 Å². The molecular formula is C46H33N5. The van der Waals surface area contributed by atoms with Gasteiger partial charge >= 0.3 is 0 Å². The van der Waals surface area contributed by atoms with Gasteiger partial charge in [0.25, 0.3) is 0 Å². The molecule has 9 aromatic rings. The Kier molecular flexibility index (Phi) is 7.44. The van der Waals surface area contributed by atoms with Crippen LogP contribution in [0.2, 0.25) is 0 Å². The molecular weight excluding hydrogens is 623 g/mol. The zero-order valence-corrected chi connectivity index (χ0v) is 28.1. The van der Waals surface area contributed by atoms with Crippen molar-refractivity contribution in [2.75, 3.05) is 0 Å². The molecule has 0 spiro atoms. The van der Waals surface area contributed by atoms with E-state index in [1.54, 1.807) is 0 Å². The van der Waals surface area contributed by atoms with Crippen molar-refractivity contribution in [3.05, 3.63) is 182 Å². The first-order chi connectivity index (χ1) is 25.2. The highest BCUT2D eigenvalue weighted by Gasteiger charge is 2.21. The summed E-state index contributed by atoms with van der Waals surface area (Å²) in [6, 6.07) is 52.5. The first-order valence-electron chi connectivity index (χ1n) is 17.1. The molecule has 3 aromatic heterocycles. The van der Waals surface area contributed by atoms with Crippen molar-refractivity contribution in [2.45, 2.75) is 6.92 Å². The topological polar surface area (TPSA) is 48.5 Å². The maximum absolute atomic E-state index is 4.90. The molecule has 0 atom stereocenters. The molecule has 5 nitrogen and oxygen atoms in total. The molecule has 9 rings (SSSR count). The van der Waals surface area contributed by atoms with Gasteiger partial charge in [-0.2, -0.15) is 0 Å². The quantitative estimate of drug-likeness (QED) is 0.161. The van der Waals surface area contributed by atoms with Gasteiger partial charge in [0.1, 0.15) is 0 Å². The maximum atomic E-state index is 4.90. The van der Waals surface area contributed by atoms with Crippen LogP contribution in [0.15, 0.2) is 176 Å². The van der Waals surface area contributed by atoms with Crippen LogP contribution >= 0.6 is 0 Å². The van der Waals surface area contributed by atoms with Gasteiger partial charge in [-0.15, -0.1) is 0 Å². The second-order valence-corrected chi connectivity index (χ2v) is 12.5. The molecule has 3 heterocycles. The normalized spacial score (nSPS) is 12.1. The fourth-order valence-corrected chi connectivity index (χ4v) is 7.13. The lowest BCUT2D eigenvalue weighted by molar-refractivity contribution is 1.04. The highest BCUT2D eigenvalue weighted by atomic mass is 15.1. The summed E-state index contributed by atoms with van der Waals surface area (Å²) >= 11 is 0. The number of hydrogen-bond donors (Lipinski definition) is 0. The van der Waals surface area contributed by atoms with Crippen molar-refractivity contribution in [2.24, 2.45) is 0 Å². The number of fused-ring (bicyclic) bond motifs is 7. The molecule has 242 valence electrons. The van der Waals surface area contributed by atoms with Crippen LogP contribution in [0.1, 0.15) is 12.7 Å². The number of aromatic nitrogens is 5. The summed E-state index contributed by atoms with van der Waals surface area (Å²) in [5.41, 5.74) is 9.29. The van der Waals surface area contributed by atoms with E-state index in [1.807, 2.05) is 66.7 Å². The predicted octanol–water partition coefficient (Wildman–Crippen LogP) is 11.5. The van der Waals surface area contributed by atoms with Crippen molar-refractivity contribution in [1.82, 2.24) is 24.1 Å². The number of para-hydroxylation sites is 3. The largest absolute Gasteiger partial charge is 0.308 e. The van der Waals surface area contributed by atoms with Crippen LogP contribution in [0.25, 0.3) is 83.3 Å². The van der Waals surface area contributed by atoms with Crippen molar-refractivity contribution in [3.63, 3.8) is 0 Å². The van der Waals surface area contributed by atoms with Gasteiger partial charge in [0.2, 0.25) is 0 Å². The van der Waals surface area contributed by atoms with E-state index in [0.29, 0.717) is 23.0 Å². The molecule has 0 bridgehead atoms. The lowest BCUT2D eigenvalue weighted by Crippen LogP contribution is -2.02. The fraction of sp³-hybridized carbons (Fsp3) is 0.0217. The average molecular weight is 656 g/mol. The molecule has 0 unspecified atom stereocenters. The lowest BCUT2D eigenvalue weighted by Gasteiger charge is -2.13. The molecule has 0 fully saturated rings. The summed E-state index contributed by atoms with van der Waals surface area (Å²) in [4.78, 5) is 14.7. The second kappa shape index (κ2) is 12.6. The van der Waals surface area contributed by atoms with Crippen molar-refractivity contribution >= 4 is 54.9 Å². The molecule has 0 aliphatic heterocycles. The third kappa shape index (κ3) is 5.15. The van der Waals surface area contributed by atoms with E-state index in [1.165, 1.54) is 32.6 Å². The molecule has 0 saturated heterocycles. The Morgan fingerprint density at radius 2 is 1.02 bits per heavy atom. The van der Waals surface area contributed by atoms with Crippen LogP contribution in [0.4, 0.5) is 0 Å². The molecule has 0 amide bonds. The van der Waals surface area contributed by atoms with Crippen LogP contribution < -0.4 is 0 Å². The molecule has 0 N–H and O–H groups in total. The highest BCUT2D eigenvalue weighted by Crippen LogP contribution is 2.41. The van der Waals surface area contributed by atoms with Gasteiger partial charge in [0, 0.05) is 49.6 Å². The van der Waals surface area contributed by atoms with Gasteiger partial charge in [0.15, 0.2) is 17.5 Å². The number of nitrogens with zero attached hydrogens (tertiary/aromatic N) is 5. The van der Waals surface area contributed by atoms with E-state index < -0.39 is 0 Å². The van der Waals surface area contributed by atoms with E-state index in [2.05, 4.69) is 126 Å². The molecule has 0 radical (unpaired) electrons. The Hall–Kier alpha value is -6.85. The van der Waals surface area contributed by atoms with E-state index in [9.17, 15) is 0 Å². The summed E-state index contributed by atoms with van der Waals surface area (Å²) < 4.78 is 4.78. The minimum atomic E-state index is 0.531. The second-order valence-electron chi connectivity index (χ2n) is 12.5.